The van der Waals surface area contributed by atoms with Crippen LogP contribution in [0.3, 0.4) is 0 Å². The second kappa shape index (κ2) is 11.1. The van der Waals surface area contributed by atoms with E-state index in [2.05, 4.69) is 10.6 Å². The van der Waals surface area contributed by atoms with Crippen molar-refractivity contribution >= 4 is 22.5 Å². The fraction of sp³-hybridized carbons (Fsp3) is 0.300. The molecule has 4 aromatic rings. The molecule has 5 rings (SSSR count). The van der Waals surface area contributed by atoms with Crippen LogP contribution in [0.15, 0.2) is 78.9 Å². The number of hydrogen-bond donors (Lipinski definition) is 2. The second-order valence-electron chi connectivity index (χ2n) is 10.0. The van der Waals surface area contributed by atoms with E-state index in [4.69, 9.17) is 0 Å². The first kappa shape index (κ1) is 26.7. The second-order valence-corrected chi connectivity index (χ2v) is 10.0. The lowest BCUT2D eigenvalue weighted by Gasteiger charge is -2.33. The number of amides is 1. The smallest absolute Gasteiger partial charge is 0.379 e. The number of carbonyl (C=O) groups is 1. The predicted octanol–water partition coefficient (Wildman–Crippen LogP) is 6.25. The van der Waals surface area contributed by atoms with Gasteiger partial charge in [-0.2, -0.15) is 13.2 Å². The molecule has 39 heavy (non-hydrogen) atoms. The quantitative estimate of drug-likeness (QED) is 0.273. The van der Waals surface area contributed by atoms with Gasteiger partial charge in [-0.05, 0) is 54.9 Å². The Labute approximate surface area is 224 Å². The van der Waals surface area contributed by atoms with Gasteiger partial charge in [-0.1, -0.05) is 48.5 Å². The first-order valence-corrected chi connectivity index (χ1v) is 12.9. The van der Waals surface area contributed by atoms with Crippen molar-refractivity contribution in [1.82, 2.24) is 14.8 Å². The molecule has 3 aromatic carbocycles. The Morgan fingerprint density at radius 3 is 2.44 bits per heavy atom. The Kier molecular flexibility index (Phi) is 7.61. The average Bonchev–Trinajstić information content (AvgIpc) is 3.27. The third kappa shape index (κ3) is 6.25. The van der Waals surface area contributed by atoms with E-state index in [0.29, 0.717) is 46.4 Å². The van der Waals surface area contributed by atoms with E-state index >= 15 is 0 Å². The molecule has 0 radical (unpaired) electrons. The lowest BCUT2D eigenvalue weighted by Crippen LogP contribution is -2.46. The highest BCUT2D eigenvalue weighted by Gasteiger charge is 2.31. The zero-order chi connectivity index (χ0) is 27.6. The molecule has 0 aliphatic carbocycles. The number of halogens is 4. The van der Waals surface area contributed by atoms with Gasteiger partial charge in [0.05, 0.1) is 11.6 Å². The summed E-state index contributed by atoms with van der Waals surface area (Å²) in [5.74, 6) is -0.204. The number of fused-ring (bicyclic) bond motifs is 1. The molecule has 1 aliphatic heterocycles. The van der Waals surface area contributed by atoms with Crippen LogP contribution in [0.2, 0.25) is 0 Å². The molecular formula is C30H30F4N4O. The van der Waals surface area contributed by atoms with Crippen LogP contribution in [0.4, 0.5) is 23.2 Å². The molecule has 0 bridgehead atoms. The minimum absolute atomic E-state index is 0.204. The first-order valence-electron chi connectivity index (χ1n) is 12.9. The zero-order valence-corrected chi connectivity index (χ0v) is 21.5. The summed E-state index contributed by atoms with van der Waals surface area (Å²) >= 11 is 0. The highest BCUT2D eigenvalue weighted by molar-refractivity contribution is 5.97. The summed E-state index contributed by atoms with van der Waals surface area (Å²) in [6, 6.07) is 22.4. The van der Waals surface area contributed by atoms with E-state index in [0.717, 1.165) is 12.1 Å². The molecular weight excluding hydrogens is 508 g/mol. The number of piperidine rings is 1. The van der Waals surface area contributed by atoms with Crippen LogP contribution in [0, 0.1) is 0 Å². The Bertz CT molecular complexity index is 1430. The number of aromatic nitrogens is 1. The predicted molar refractivity (Wildman–Crippen MR) is 145 cm³/mol. The zero-order valence-electron chi connectivity index (χ0n) is 21.5. The molecule has 2 heterocycles. The summed E-state index contributed by atoms with van der Waals surface area (Å²) in [5, 5.41) is 6.73. The number of carbonyl (C=O) groups excluding carboxylic acids is 1. The van der Waals surface area contributed by atoms with Crippen molar-refractivity contribution in [3.05, 3.63) is 90.0 Å². The van der Waals surface area contributed by atoms with Crippen molar-refractivity contribution < 1.29 is 22.4 Å². The third-order valence-electron chi connectivity index (χ3n) is 7.11. The maximum absolute atomic E-state index is 14.7. The number of hydrogen-bond acceptors (Lipinski definition) is 3. The normalized spacial score (nSPS) is 18.3. The van der Waals surface area contributed by atoms with Crippen molar-refractivity contribution in [2.75, 3.05) is 25.5 Å². The number of benzene rings is 3. The summed E-state index contributed by atoms with van der Waals surface area (Å²) in [5.41, 5.74) is 3.44. The Morgan fingerprint density at radius 1 is 1.00 bits per heavy atom. The number of likely N-dealkylation sites (tertiary alicyclic amines) is 1. The van der Waals surface area contributed by atoms with Crippen LogP contribution in [0.5, 0.6) is 0 Å². The van der Waals surface area contributed by atoms with Gasteiger partial charge in [-0.25, -0.2) is 4.39 Å². The first-order chi connectivity index (χ1) is 18.7. The molecule has 0 saturated carbocycles. The Morgan fingerprint density at radius 2 is 1.74 bits per heavy atom. The highest BCUT2D eigenvalue weighted by atomic mass is 19.4. The monoisotopic (exact) mass is 538 g/mol. The van der Waals surface area contributed by atoms with E-state index in [1.807, 2.05) is 18.0 Å². The number of nitrogens with one attached hydrogen (secondary N) is 2. The number of alkyl halides is 4. The molecule has 1 amide bonds. The van der Waals surface area contributed by atoms with Crippen LogP contribution >= 0.6 is 0 Å². The Balaban J connectivity index is 1.42. The summed E-state index contributed by atoms with van der Waals surface area (Å²) in [4.78, 5) is 14.3. The van der Waals surface area contributed by atoms with Gasteiger partial charge in [-0.3, -0.25) is 4.79 Å². The molecule has 9 heteroatoms. The molecule has 0 spiro atoms. The maximum atomic E-state index is 14.7. The van der Waals surface area contributed by atoms with Crippen LogP contribution < -0.4 is 10.6 Å². The summed E-state index contributed by atoms with van der Waals surface area (Å²) in [7, 11) is 1.87. The summed E-state index contributed by atoms with van der Waals surface area (Å²) in [6.07, 6.45) is -4.90. The van der Waals surface area contributed by atoms with E-state index in [9.17, 15) is 22.4 Å². The molecule has 1 aliphatic rings. The van der Waals surface area contributed by atoms with E-state index in [1.165, 1.54) is 4.57 Å². The van der Waals surface area contributed by atoms with E-state index in [1.54, 1.807) is 72.8 Å². The third-order valence-corrected chi connectivity index (χ3v) is 7.11. The number of rotatable bonds is 7. The van der Waals surface area contributed by atoms with Gasteiger partial charge in [0.1, 0.15) is 12.7 Å². The van der Waals surface area contributed by atoms with E-state index in [-0.39, 0.29) is 12.5 Å². The minimum Gasteiger partial charge on any atom is -0.379 e. The van der Waals surface area contributed by atoms with Gasteiger partial charge in [0.2, 0.25) is 0 Å². The topological polar surface area (TPSA) is 49.3 Å². The van der Waals surface area contributed by atoms with Crippen LogP contribution in [-0.4, -0.2) is 53.9 Å². The average molecular weight is 539 g/mol. The highest BCUT2D eigenvalue weighted by Crippen LogP contribution is 2.36. The molecule has 1 aromatic heterocycles. The molecule has 0 unspecified atom stereocenters. The molecule has 2 N–H and O–H groups in total. The van der Waals surface area contributed by atoms with Gasteiger partial charge in [0.15, 0.2) is 0 Å². The van der Waals surface area contributed by atoms with Gasteiger partial charge in [0.25, 0.3) is 5.91 Å². The molecule has 5 nitrogen and oxygen atoms in total. The van der Waals surface area contributed by atoms with Gasteiger partial charge < -0.3 is 20.1 Å². The minimum atomic E-state index is -4.43. The Hall–Kier alpha value is -3.85. The molecule has 204 valence electrons. The lowest BCUT2D eigenvalue weighted by atomic mass is 10.0. The van der Waals surface area contributed by atoms with Crippen LogP contribution in [0.1, 0.15) is 22.3 Å². The largest absolute Gasteiger partial charge is 0.406 e. The number of nitrogens with zero attached hydrogens (tertiary/aromatic N) is 2. The van der Waals surface area contributed by atoms with Crippen LogP contribution in [0.25, 0.3) is 22.2 Å². The molecule has 2 atom stereocenters. The number of anilines is 1. The van der Waals surface area contributed by atoms with Crippen molar-refractivity contribution in [3.8, 4) is 11.3 Å². The van der Waals surface area contributed by atoms with Crippen molar-refractivity contribution in [1.29, 1.82) is 0 Å². The molecule has 1 fully saturated rings. The summed E-state index contributed by atoms with van der Waals surface area (Å²) < 4.78 is 56.9. The van der Waals surface area contributed by atoms with Crippen LogP contribution in [-0.2, 0) is 13.1 Å². The fourth-order valence-corrected chi connectivity index (χ4v) is 5.09. The summed E-state index contributed by atoms with van der Waals surface area (Å²) in [6.45, 7) is 0.192. The fourth-order valence-electron chi connectivity index (χ4n) is 5.09. The van der Waals surface area contributed by atoms with E-state index < -0.39 is 24.9 Å². The lowest BCUT2D eigenvalue weighted by molar-refractivity contribution is -0.139. The van der Waals surface area contributed by atoms with Crippen molar-refractivity contribution in [2.24, 2.45) is 0 Å². The standard InChI is InChI=1S/C30H30F4N4O/c1-37-15-14-26(24(31)18-37)36-25-8-5-9-27-23(25)16-28(38(27)19-30(32,33)34)21-12-10-20(11-13-21)17-35-29(39)22-6-3-2-4-7-22/h2-13,16,24,26,36H,14-15,17-19H2,1H3,(H,35,39)/t24-,26+/m1/s1. The van der Waals surface area contributed by atoms with Gasteiger partial charge >= 0.3 is 6.18 Å². The van der Waals surface area contributed by atoms with Crippen molar-refractivity contribution in [2.45, 2.75) is 37.9 Å². The van der Waals surface area contributed by atoms with Gasteiger partial charge in [-0.15, -0.1) is 0 Å². The van der Waals surface area contributed by atoms with Crippen molar-refractivity contribution in [3.63, 3.8) is 0 Å². The maximum Gasteiger partial charge on any atom is 0.406 e. The van der Waals surface area contributed by atoms with Gasteiger partial charge in [0, 0.05) is 42.0 Å². The SMILES string of the molecule is CN1CC[C@H](Nc2cccc3c2cc(-c2ccc(CNC(=O)c4ccccc4)cc2)n3CC(F)(F)F)[C@H](F)C1. The molecule has 1 saturated heterocycles.